The SMILES string of the molecule is CC[C@@H](C)[C@@]1(C)OC(=O)N(CCCCn2cc(-c3cccc(N)c3)nn2)[C@@H]1[C@@H](C)NC[C@H](C)C[C@@](C)(OC)[C@H](O[C@@H]1OC(CN(CCN)CCN)CC(N(C)C)C1O)[C@@H](C)C(=O)[C@@H](C)C(=O)O. The second kappa shape index (κ2) is 25.2. The third-order valence-corrected chi connectivity index (χ3v) is 14.4. The molecule has 2 fully saturated rings. The number of cyclic esters (lactones) is 1. The van der Waals surface area contributed by atoms with Crippen molar-refractivity contribution in [3.8, 4) is 11.3 Å². The summed E-state index contributed by atoms with van der Waals surface area (Å²) >= 11 is 0. The van der Waals surface area contributed by atoms with E-state index in [-0.39, 0.29) is 42.2 Å². The van der Waals surface area contributed by atoms with Gasteiger partial charge in [0.25, 0.3) is 0 Å². The highest BCUT2D eigenvalue weighted by molar-refractivity contribution is 5.99. The number of ether oxygens (including phenoxy) is 4. The number of aliphatic hydroxyl groups excluding tert-OH is 1. The predicted molar refractivity (Wildman–Crippen MR) is 258 cm³/mol. The Morgan fingerprint density at radius 2 is 1.78 bits per heavy atom. The van der Waals surface area contributed by atoms with Crippen LogP contribution in [-0.4, -0.2) is 179 Å². The molecule has 2 aliphatic rings. The van der Waals surface area contributed by atoms with Crippen molar-refractivity contribution >= 4 is 23.5 Å². The molecule has 0 spiro atoms. The van der Waals surface area contributed by atoms with Gasteiger partial charge in [0.05, 0.1) is 30.0 Å². The van der Waals surface area contributed by atoms with Crippen LogP contribution in [0, 0.1) is 23.7 Å². The van der Waals surface area contributed by atoms with Crippen molar-refractivity contribution in [2.45, 2.75) is 148 Å². The average molecular weight is 945 g/mol. The fraction of sp³-hybridized carbons (Fsp3) is 0.771. The minimum Gasteiger partial charge on any atom is -0.481 e. The van der Waals surface area contributed by atoms with E-state index in [0.717, 1.165) is 30.5 Å². The molecule has 19 nitrogen and oxygen atoms in total. The number of nitrogens with one attached hydrogen (secondary N) is 1. The standard InChI is InChI=1S/C48H84N10O9/c1-12-31(3)48(8)42(58(46(63)67-48)21-14-13-20-57-29-38(53-54-57)35-16-15-17-36(51)24-35)34(6)52-27-30(2)26-47(7,64-11)43(32(4)40(59)33(5)44(61)62)66-45-41(60)39(55(9)10)25-37(65-45)28-56(22-18-49)23-19-50/h15-17,24,29-34,37,39,41-43,45,52,60H,12-14,18-23,25-28,49-51H2,1-11H3,(H,61,62)/t30-,31-,32+,33-,34-,37?,39?,41?,42-,43-,45+,47-,48-/m1/s1. The number of hydrogen-bond acceptors (Lipinski definition) is 16. The maximum atomic E-state index is 13.9. The van der Waals surface area contributed by atoms with Gasteiger partial charge in [-0.05, 0) is 104 Å². The lowest BCUT2D eigenvalue weighted by atomic mass is 9.78. The monoisotopic (exact) mass is 945 g/mol. The molecule has 1 amide bonds. The average Bonchev–Trinajstić information content (AvgIpc) is 3.87. The Morgan fingerprint density at radius 3 is 2.37 bits per heavy atom. The summed E-state index contributed by atoms with van der Waals surface area (Å²) in [5.41, 5.74) is 18.2. The fourth-order valence-corrected chi connectivity index (χ4v) is 10.1. The normalized spacial score (nSPS) is 25.9. The number of nitrogen functional groups attached to an aromatic ring is 1. The van der Waals surface area contributed by atoms with Gasteiger partial charge in [0, 0.05) is 82.2 Å². The molecule has 380 valence electrons. The number of ketones is 1. The first-order valence-electron chi connectivity index (χ1n) is 24.2. The molecular formula is C48H84N10O9. The number of aryl methyl sites for hydroxylation is 1. The summed E-state index contributed by atoms with van der Waals surface area (Å²) in [7, 11) is 5.32. The van der Waals surface area contributed by atoms with Gasteiger partial charge in [-0.2, -0.15) is 0 Å². The van der Waals surface area contributed by atoms with E-state index in [1.54, 1.807) is 14.0 Å². The van der Waals surface area contributed by atoms with Crippen LogP contribution in [0.3, 0.4) is 0 Å². The lowest BCUT2D eigenvalue weighted by Gasteiger charge is -2.47. The Balaban J connectivity index is 1.52. The van der Waals surface area contributed by atoms with Gasteiger partial charge in [0.15, 0.2) is 12.1 Å². The van der Waals surface area contributed by atoms with Crippen LogP contribution in [-0.2, 0) is 35.1 Å². The van der Waals surface area contributed by atoms with Crippen molar-refractivity contribution in [2.24, 2.45) is 35.1 Å². The van der Waals surface area contributed by atoms with Crippen LogP contribution in [0.2, 0.25) is 0 Å². The first kappa shape index (κ1) is 55.8. The van der Waals surface area contributed by atoms with E-state index in [1.807, 2.05) is 72.9 Å². The Bertz CT molecular complexity index is 1870. The van der Waals surface area contributed by atoms with Crippen LogP contribution in [0.25, 0.3) is 11.3 Å². The maximum absolute atomic E-state index is 13.9. The van der Waals surface area contributed by atoms with Crippen molar-refractivity contribution in [3.05, 3.63) is 30.5 Å². The van der Waals surface area contributed by atoms with Crippen LogP contribution in [0.15, 0.2) is 30.5 Å². The number of unbranched alkanes of at least 4 members (excludes halogenated alkanes) is 1. The van der Waals surface area contributed by atoms with E-state index in [2.05, 4.69) is 48.2 Å². The van der Waals surface area contributed by atoms with Gasteiger partial charge < -0.3 is 56.6 Å². The molecule has 0 radical (unpaired) electrons. The number of methoxy groups -OCH3 is 1. The zero-order valence-corrected chi connectivity index (χ0v) is 42.1. The summed E-state index contributed by atoms with van der Waals surface area (Å²) in [5, 5.41) is 34.1. The van der Waals surface area contributed by atoms with E-state index < -0.39 is 53.3 Å². The molecule has 67 heavy (non-hydrogen) atoms. The number of amides is 1. The van der Waals surface area contributed by atoms with Gasteiger partial charge >= 0.3 is 12.1 Å². The van der Waals surface area contributed by atoms with E-state index in [0.29, 0.717) is 70.9 Å². The number of carbonyl (C=O) groups excluding carboxylic acids is 2. The number of nitrogens with zero attached hydrogens (tertiary/aromatic N) is 6. The largest absolute Gasteiger partial charge is 0.481 e. The summed E-state index contributed by atoms with van der Waals surface area (Å²) in [5.74, 6) is -4.05. The second-order valence-electron chi connectivity index (χ2n) is 19.8. The van der Waals surface area contributed by atoms with E-state index in [9.17, 15) is 24.6 Å². The number of benzene rings is 1. The fourth-order valence-electron chi connectivity index (χ4n) is 10.1. The number of aromatic nitrogens is 3. The Kier molecular flexibility index (Phi) is 21.0. The van der Waals surface area contributed by atoms with Crippen molar-refractivity contribution in [1.82, 2.24) is 35.0 Å². The van der Waals surface area contributed by atoms with Gasteiger partial charge in [-0.15, -0.1) is 5.10 Å². The molecule has 3 heterocycles. The number of anilines is 1. The second-order valence-corrected chi connectivity index (χ2v) is 19.8. The number of likely N-dealkylation sites (N-methyl/N-ethyl adjacent to an activating group) is 1. The van der Waals surface area contributed by atoms with Crippen LogP contribution < -0.4 is 22.5 Å². The molecule has 0 bridgehead atoms. The third kappa shape index (κ3) is 14.2. The highest BCUT2D eigenvalue weighted by Gasteiger charge is 2.55. The molecule has 1 aromatic heterocycles. The number of rotatable bonds is 29. The number of Topliss-reactive ketones (excluding diaryl/α,β-unsaturated/α-hetero) is 1. The van der Waals surface area contributed by atoms with Gasteiger partial charge in [0.1, 0.15) is 23.3 Å². The van der Waals surface area contributed by atoms with Crippen molar-refractivity contribution in [1.29, 1.82) is 0 Å². The Morgan fingerprint density at radius 1 is 1.10 bits per heavy atom. The van der Waals surface area contributed by atoms with Gasteiger partial charge in [-0.3, -0.25) is 24.1 Å². The Hall–Kier alpha value is -3.79. The summed E-state index contributed by atoms with van der Waals surface area (Å²) in [6, 6.07) is 6.71. The first-order chi connectivity index (χ1) is 31.6. The molecule has 0 saturated carbocycles. The molecule has 3 unspecified atom stereocenters. The van der Waals surface area contributed by atoms with E-state index >= 15 is 0 Å². The molecule has 0 aliphatic carbocycles. The number of hydrogen-bond donors (Lipinski definition) is 6. The van der Waals surface area contributed by atoms with Crippen LogP contribution >= 0.6 is 0 Å². The number of carbonyl (C=O) groups is 3. The number of nitrogens with two attached hydrogens (primary N) is 3. The lowest BCUT2D eigenvalue weighted by molar-refractivity contribution is -0.298. The summed E-state index contributed by atoms with van der Waals surface area (Å²) in [6.07, 6.45) is 1.11. The van der Waals surface area contributed by atoms with Gasteiger partial charge in [-0.25, -0.2) is 4.79 Å². The summed E-state index contributed by atoms with van der Waals surface area (Å²) in [4.78, 5) is 45.6. The maximum Gasteiger partial charge on any atom is 0.410 e. The molecule has 2 aromatic rings. The van der Waals surface area contributed by atoms with Crippen LogP contribution in [0.1, 0.15) is 87.5 Å². The number of carboxylic acids is 1. The molecule has 2 saturated heterocycles. The number of carboxylic acid groups (broad SMARTS) is 1. The van der Waals surface area contributed by atoms with E-state index in [4.69, 9.17) is 36.1 Å². The molecular weight excluding hydrogens is 861 g/mol. The molecule has 2 aliphatic heterocycles. The smallest absolute Gasteiger partial charge is 0.410 e. The lowest BCUT2D eigenvalue weighted by Crippen LogP contribution is -2.60. The topological polar surface area (TPSA) is 259 Å². The quantitative estimate of drug-likeness (QED) is 0.0389. The van der Waals surface area contributed by atoms with Crippen LogP contribution in [0.4, 0.5) is 10.5 Å². The van der Waals surface area contributed by atoms with Crippen LogP contribution in [0.5, 0.6) is 0 Å². The summed E-state index contributed by atoms with van der Waals surface area (Å²) < 4.78 is 27.7. The molecule has 1 aromatic carbocycles. The molecule has 13 atom stereocenters. The van der Waals surface area contributed by atoms with Gasteiger partial charge in [-0.1, -0.05) is 45.0 Å². The molecule has 4 rings (SSSR count). The predicted octanol–water partition coefficient (Wildman–Crippen LogP) is 3.28. The number of aliphatic hydroxyl groups is 1. The zero-order valence-electron chi connectivity index (χ0n) is 42.1. The highest BCUT2D eigenvalue weighted by atomic mass is 16.7. The minimum absolute atomic E-state index is 0.0732. The van der Waals surface area contributed by atoms with Crippen molar-refractivity contribution in [3.63, 3.8) is 0 Å². The van der Waals surface area contributed by atoms with Crippen molar-refractivity contribution in [2.75, 3.05) is 72.8 Å². The zero-order chi connectivity index (χ0) is 49.8. The molecule has 9 N–H and O–H groups in total. The van der Waals surface area contributed by atoms with Gasteiger partial charge in [0.2, 0.25) is 0 Å². The molecule has 19 heteroatoms. The number of aliphatic carboxylic acids is 1. The summed E-state index contributed by atoms with van der Waals surface area (Å²) in [6.45, 7) is 19.5. The Labute approximate surface area is 398 Å². The van der Waals surface area contributed by atoms with Crippen molar-refractivity contribution < 1.29 is 43.5 Å². The highest BCUT2D eigenvalue weighted by Crippen LogP contribution is 2.40. The van der Waals surface area contributed by atoms with E-state index in [1.165, 1.54) is 6.92 Å². The third-order valence-electron chi connectivity index (χ3n) is 14.4. The minimum atomic E-state index is -1.31. The first-order valence-corrected chi connectivity index (χ1v) is 24.2.